The molecule has 0 saturated heterocycles. The number of rotatable bonds is 8. The minimum atomic E-state index is -1.41. The second-order valence-corrected chi connectivity index (χ2v) is 6.63. The van der Waals surface area contributed by atoms with Gasteiger partial charge in [-0.1, -0.05) is 12.1 Å². The highest BCUT2D eigenvalue weighted by Gasteiger charge is 2.42. The van der Waals surface area contributed by atoms with Crippen LogP contribution in [0.1, 0.15) is 18.1 Å². The predicted octanol–water partition coefficient (Wildman–Crippen LogP) is 0.881. The van der Waals surface area contributed by atoms with Crippen LogP contribution in [-0.4, -0.2) is 29.4 Å². The van der Waals surface area contributed by atoms with E-state index >= 15 is 0 Å². The molecule has 0 saturated carbocycles. The number of aromatic nitrogens is 1. The van der Waals surface area contributed by atoms with Crippen molar-refractivity contribution >= 4 is 17.6 Å². The van der Waals surface area contributed by atoms with Gasteiger partial charge in [0.25, 0.3) is 0 Å². The van der Waals surface area contributed by atoms with Gasteiger partial charge in [-0.05, 0) is 49.7 Å². The number of likely N-dealkylation sites (N-methyl/N-ethyl adjacent to an activating group) is 1. The summed E-state index contributed by atoms with van der Waals surface area (Å²) in [5, 5.41) is 5.50. The molecule has 7 nitrogen and oxygen atoms in total. The lowest BCUT2D eigenvalue weighted by Gasteiger charge is -2.34. The number of halogens is 2. The molecule has 1 heterocycles. The van der Waals surface area contributed by atoms with Crippen molar-refractivity contribution in [3.05, 3.63) is 59.3 Å². The molecular weight excluding hydrogens is 368 g/mol. The van der Waals surface area contributed by atoms with E-state index in [0.717, 1.165) is 12.1 Å². The smallest absolute Gasteiger partial charge is 0.238 e. The van der Waals surface area contributed by atoms with E-state index in [1.807, 2.05) is 0 Å². The summed E-state index contributed by atoms with van der Waals surface area (Å²) in [6, 6.07) is 6.64. The molecule has 0 bridgehead atoms. The Kier molecular flexibility index (Phi) is 6.63. The van der Waals surface area contributed by atoms with E-state index in [9.17, 15) is 18.4 Å². The third kappa shape index (κ3) is 4.80. The highest BCUT2D eigenvalue weighted by molar-refractivity contribution is 5.92. The van der Waals surface area contributed by atoms with Gasteiger partial charge < -0.3 is 22.1 Å². The Morgan fingerprint density at radius 3 is 2.39 bits per heavy atom. The third-order valence-electron chi connectivity index (χ3n) is 4.78. The molecule has 150 valence electrons. The van der Waals surface area contributed by atoms with Gasteiger partial charge in [0.2, 0.25) is 11.8 Å². The average Bonchev–Trinajstić information content (AvgIpc) is 2.67. The van der Waals surface area contributed by atoms with Crippen LogP contribution in [0.3, 0.4) is 0 Å². The van der Waals surface area contributed by atoms with Gasteiger partial charge in [-0.3, -0.25) is 9.59 Å². The number of carbonyl (C=O) groups excluding carboxylic acids is 2. The molecule has 1 aromatic carbocycles. The number of carbonyl (C=O) groups is 2. The first-order chi connectivity index (χ1) is 13.2. The molecule has 6 N–H and O–H groups in total. The monoisotopic (exact) mass is 391 g/mol. The first-order valence-corrected chi connectivity index (χ1v) is 8.58. The Labute approximate surface area is 161 Å². The Balaban J connectivity index is 2.25. The van der Waals surface area contributed by atoms with Crippen molar-refractivity contribution in [1.29, 1.82) is 0 Å². The van der Waals surface area contributed by atoms with E-state index in [4.69, 9.17) is 11.5 Å². The van der Waals surface area contributed by atoms with Gasteiger partial charge in [0, 0.05) is 12.7 Å². The third-order valence-corrected chi connectivity index (χ3v) is 4.78. The second kappa shape index (κ2) is 8.75. The van der Waals surface area contributed by atoms with E-state index < -0.39 is 34.9 Å². The average molecular weight is 391 g/mol. The molecule has 1 unspecified atom stereocenters. The summed E-state index contributed by atoms with van der Waals surface area (Å²) in [7, 11) is 1.50. The van der Waals surface area contributed by atoms with Gasteiger partial charge >= 0.3 is 0 Å². The highest BCUT2D eigenvalue weighted by Crippen LogP contribution is 2.23. The first-order valence-electron chi connectivity index (χ1n) is 8.58. The maximum absolute atomic E-state index is 13.6. The van der Waals surface area contributed by atoms with E-state index in [2.05, 4.69) is 15.6 Å². The fraction of sp³-hybridized carbons (Fsp3) is 0.316. The molecule has 2 aromatic rings. The van der Waals surface area contributed by atoms with Gasteiger partial charge in [-0.25, -0.2) is 13.8 Å². The standard InChI is InChI=1S/C19H23F2N5O2/c1-19(24-2,18(23)28)13(7-11-3-5-14(20)15(21)8-11)17(27)26-10-12-4-6-16(22)25-9-12/h3-6,8-9,13,24H,7,10H2,1-2H3,(H2,22,25)(H2,23,28)(H,26,27)/t13-,19?/m1/s1. The lowest BCUT2D eigenvalue weighted by atomic mass is 9.80. The molecular formula is C19H23F2N5O2. The summed E-state index contributed by atoms with van der Waals surface area (Å²) in [5.74, 6) is -3.87. The zero-order valence-corrected chi connectivity index (χ0v) is 15.6. The van der Waals surface area contributed by atoms with E-state index in [-0.39, 0.29) is 13.0 Å². The lowest BCUT2D eigenvalue weighted by molar-refractivity contribution is -0.135. The summed E-state index contributed by atoms with van der Waals surface area (Å²) in [5.41, 5.74) is 10.7. The molecule has 1 aromatic heterocycles. The number of nitrogen functional groups attached to an aromatic ring is 1. The van der Waals surface area contributed by atoms with Crippen molar-refractivity contribution in [2.24, 2.45) is 11.7 Å². The molecule has 28 heavy (non-hydrogen) atoms. The molecule has 0 fully saturated rings. The Hall–Kier alpha value is -3.07. The number of primary amides is 1. The van der Waals surface area contributed by atoms with Crippen molar-refractivity contribution < 1.29 is 18.4 Å². The largest absolute Gasteiger partial charge is 0.384 e. The Bertz CT molecular complexity index is 860. The number of nitrogens with two attached hydrogens (primary N) is 2. The highest BCUT2D eigenvalue weighted by atomic mass is 19.2. The Morgan fingerprint density at radius 2 is 1.86 bits per heavy atom. The maximum atomic E-state index is 13.6. The Morgan fingerprint density at radius 1 is 1.18 bits per heavy atom. The minimum Gasteiger partial charge on any atom is -0.384 e. The van der Waals surface area contributed by atoms with Crippen molar-refractivity contribution in [2.45, 2.75) is 25.4 Å². The summed E-state index contributed by atoms with van der Waals surface area (Å²) in [4.78, 5) is 28.9. The summed E-state index contributed by atoms with van der Waals surface area (Å²) < 4.78 is 26.8. The molecule has 0 aliphatic carbocycles. The van der Waals surface area contributed by atoms with Crippen LogP contribution in [0.25, 0.3) is 0 Å². The molecule has 0 aliphatic heterocycles. The van der Waals surface area contributed by atoms with Gasteiger partial charge in [0.05, 0.1) is 5.92 Å². The van der Waals surface area contributed by atoms with Gasteiger partial charge in [-0.2, -0.15) is 0 Å². The molecule has 2 amide bonds. The molecule has 2 rings (SSSR count). The number of nitrogens with zero attached hydrogens (tertiary/aromatic N) is 1. The minimum absolute atomic E-state index is 0.0245. The normalized spacial score (nSPS) is 14.1. The lowest BCUT2D eigenvalue weighted by Crippen LogP contribution is -2.61. The van der Waals surface area contributed by atoms with Crippen LogP contribution in [-0.2, 0) is 22.6 Å². The number of amides is 2. The molecule has 0 spiro atoms. The van der Waals surface area contributed by atoms with Gasteiger partial charge in [-0.15, -0.1) is 0 Å². The maximum Gasteiger partial charge on any atom is 0.238 e. The number of benzene rings is 1. The molecule has 9 heteroatoms. The summed E-state index contributed by atoms with van der Waals surface area (Å²) >= 11 is 0. The van der Waals surface area contributed by atoms with E-state index in [1.54, 1.807) is 12.1 Å². The van der Waals surface area contributed by atoms with E-state index in [0.29, 0.717) is 16.9 Å². The number of pyridine rings is 1. The van der Waals surface area contributed by atoms with E-state index in [1.165, 1.54) is 26.2 Å². The van der Waals surface area contributed by atoms with Crippen LogP contribution in [0.5, 0.6) is 0 Å². The van der Waals surface area contributed by atoms with Crippen LogP contribution < -0.4 is 22.1 Å². The number of hydrogen-bond donors (Lipinski definition) is 4. The van der Waals surface area contributed by atoms with Crippen LogP contribution in [0.2, 0.25) is 0 Å². The zero-order chi connectivity index (χ0) is 20.9. The fourth-order valence-electron chi connectivity index (χ4n) is 2.78. The van der Waals surface area contributed by atoms with Crippen LogP contribution in [0, 0.1) is 17.6 Å². The van der Waals surface area contributed by atoms with Crippen molar-refractivity contribution in [2.75, 3.05) is 12.8 Å². The molecule has 0 aliphatic rings. The number of anilines is 1. The fourth-order valence-corrected chi connectivity index (χ4v) is 2.78. The van der Waals surface area contributed by atoms with Crippen LogP contribution >= 0.6 is 0 Å². The summed E-state index contributed by atoms with van der Waals surface area (Å²) in [6.07, 6.45) is 1.49. The zero-order valence-electron chi connectivity index (χ0n) is 15.6. The number of nitrogens with one attached hydrogen (secondary N) is 2. The second-order valence-electron chi connectivity index (χ2n) is 6.63. The van der Waals surface area contributed by atoms with Crippen LogP contribution in [0.4, 0.5) is 14.6 Å². The SMILES string of the molecule is CNC(C)(C(N)=O)[C@H](Cc1ccc(F)c(F)c1)C(=O)NCc1ccc(N)nc1. The van der Waals surface area contributed by atoms with Gasteiger partial charge in [0.1, 0.15) is 11.4 Å². The number of hydrogen-bond acceptors (Lipinski definition) is 5. The van der Waals surface area contributed by atoms with Crippen LogP contribution in [0.15, 0.2) is 36.5 Å². The van der Waals surface area contributed by atoms with Crippen molar-refractivity contribution in [3.63, 3.8) is 0 Å². The van der Waals surface area contributed by atoms with Crippen molar-refractivity contribution in [3.8, 4) is 0 Å². The topological polar surface area (TPSA) is 123 Å². The first kappa shape index (κ1) is 21.2. The molecule has 0 radical (unpaired) electrons. The molecule has 2 atom stereocenters. The quantitative estimate of drug-likeness (QED) is 0.532. The predicted molar refractivity (Wildman–Crippen MR) is 101 cm³/mol. The van der Waals surface area contributed by atoms with Crippen molar-refractivity contribution in [1.82, 2.24) is 15.6 Å². The van der Waals surface area contributed by atoms with Gasteiger partial charge in [0.15, 0.2) is 11.6 Å². The summed E-state index contributed by atoms with van der Waals surface area (Å²) in [6.45, 7) is 1.64.